The van der Waals surface area contributed by atoms with Crippen molar-refractivity contribution < 1.29 is 19.3 Å². The van der Waals surface area contributed by atoms with Crippen molar-refractivity contribution in [1.29, 1.82) is 0 Å². The number of rotatable bonds is 4. The first-order valence-corrected chi connectivity index (χ1v) is 7.07. The van der Waals surface area contributed by atoms with Crippen molar-refractivity contribution in [2.75, 3.05) is 14.2 Å². The van der Waals surface area contributed by atoms with Crippen LogP contribution in [0, 0.1) is 0 Å². The Bertz CT molecular complexity index is 679. The van der Waals surface area contributed by atoms with Crippen molar-refractivity contribution in [2.24, 2.45) is 0 Å². The monoisotopic (exact) mass is 298 g/mol. The molecule has 2 atom stereocenters. The Morgan fingerprint density at radius 1 is 0.909 bits per heavy atom. The number of ether oxygens (including phenoxy) is 3. The van der Waals surface area contributed by atoms with Crippen LogP contribution < -0.4 is 14.2 Å². The number of hydrogen-bond acceptors (Lipinski definition) is 4. The Kier molecular flexibility index (Phi) is 4.02. The Hall–Kier alpha value is -2.46. The molecule has 114 valence electrons. The lowest BCUT2D eigenvalue weighted by atomic mass is 9.91. The quantitative estimate of drug-likeness (QED) is 0.941. The highest BCUT2D eigenvalue weighted by Gasteiger charge is 2.30. The molecule has 0 unspecified atom stereocenters. The van der Waals surface area contributed by atoms with E-state index in [2.05, 4.69) is 0 Å². The fourth-order valence-electron chi connectivity index (χ4n) is 2.65. The first-order valence-electron chi connectivity index (χ1n) is 7.07. The maximum atomic E-state index is 10.7. The molecule has 1 aliphatic carbocycles. The maximum Gasteiger partial charge on any atom is 0.147 e. The van der Waals surface area contributed by atoms with Gasteiger partial charge in [0.2, 0.25) is 0 Å². The number of methoxy groups -OCH3 is 2. The van der Waals surface area contributed by atoms with Gasteiger partial charge in [-0.2, -0.15) is 0 Å². The second-order valence-electron chi connectivity index (χ2n) is 5.00. The summed E-state index contributed by atoms with van der Waals surface area (Å²) >= 11 is 0. The molecule has 0 aliphatic heterocycles. The molecule has 0 fully saturated rings. The van der Waals surface area contributed by atoms with E-state index < -0.39 is 12.2 Å². The summed E-state index contributed by atoms with van der Waals surface area (Å²) in [6, 6.07) is 13.0. The molecule has 22 heavy (non-hydrogen) atoms. The van der Waals surface area contributed by atoms with Gasteiger partial charge in [-0.15, -0.1) is 0 Å². The van der Waals surface area contributed by atoms with Crippen molar-refractivity contribution in [2.45, 2.75) is 12.2 Å². The van der Waals surface area contributed by atoms with Gasteiger partial charge in [0.05, 0.1) is 14.2 Å². The molecule has 4 heteroatoms. The lowest BCUT2D eigenvalue weighted by molar-refractivity contribution is 0.0602. The van der Waals surface area contributed by atoms with Crippen LogP contribution in [0.25, 0.3) is 6.08 Å². The predicted octanol–water partition coefficient (Wildman–Crippen LogP) is 3.21. The van der Waals surface area contributed by atoms with E-state index in [-0.39, 0.29) is 0 Å². The van der Waals surface area contributed by atoms with Gasteiger partial charge in [-0.3, -0.25) is 0 Å². The maximum absolute atomic E-state index is 10.7. The van der Waals surface area contributed by atoms with Crippen LogP contribution in [-0.2, 0) is 0 Å². The average molecular weight is 298 g/mol. The summed E-state index contributed by atoms with van der Waals surface area (Å²) in [5.74, 6) is 2.03. The summed E-state index contributed by atoms with van der Waals surface area (Å²) < 4.78 is 16.6. The van der Waals surface area contributed by atoms with Gasteiger partial charge in [-0.25, -0.2) is 0 Å². The normalized spacial score (nSPS) is 19.4. The third-order valence-electron chi connectivity index (χ3n) is 3.72. The number of aliphatic hydroxyl groups excluding tert-OH is 1. The van der Waals surface area contributed by atoms with Crippen LogP contribution in [0.4, 0.5) is 0 Å². The molecule has 0 aromatic heterocycles. The van der Waals surface area contributed by atoms with E-state index in [0.717, 1.165) is 5.56 Å². The third-order valence-corrected chi connectivity index (χ3v) is 3.72. The second-order valence-corrected chi connectivity index (χ2v) is 5.00. The fraction of sp³-hybridized carbons (Fsp3) is 0.222. The van der Waals surface area contributed by atoms with E-state index in [1.54, 1.807) is 20.3 Å². The minimum Gasteiger partial charge on any atom is -0.496 e. The van der Waals surface area contributed by atoms with E-state index in [4.69, 9.17) is 14.2 Å². The minimum absolute atomic E-state index is 0.476. The van der Waals surface area contributed by atoms with Crippen LogP contribution in [0.15, 0.2) is 48.5 Å². The summed E-state index contributed by atoms with van der Waals surface area (Å²) in [6.07, 6.45) is 2.43. The van der Waals surface area contributed by atoms with Crippen molar-refractivity contribution >= 4 is 6.08 Å². The van der Waals surface area contributed by atoms with Gasteiger partial charge < -0.3 is 19.3 Å². The zero-order chi connectivity index (χ0) is 15.5. The van der Waals surface area contributed by atoms with Gasteiger partial charge >= 0.3 is 0 Å². The summed E-state index contributed by atoms with van der Waals surface area (Å²) in [5.41, 5.74) is 1.51. The Labute approximate surface area is 129 Å². The van der Waals surface area contributed by atoms with Crippen LogP contribution >= 0.6 is 0 Å². The fourth-order valence-corrected chi connectivity index (χ4v) is 2.65. The van der Waals surface area contributed by atoms with Crippen molar-refractivity contribution in [3.63, 3.8) is 0 Å². The van der Waals surface area contributed by atoms with E-state index in [0.29, 0.717) is 22.8 Å². The third kappa shape index (κ3) is 2.53. The zero-order valence-electron chi connectivity index (χ0n) is 12.5. The summed E-state index contributed by atoms with van der Waals surface area (Å²) in [7, 11) is 3.19. The largest absolute Gasteiger partial charge is 0.496 e. The number of para-hydroxylation sites is 1. The molecular formula is C18H18O4. The topological polar surface area (TPSA) is 47.9 Å². The molecule has 0 saturated heterocycles. The Morgan fingerprint density at radius 2 is 1.59 bits per heavy atom. The predicted molar refractivity (Wildman–Crippen MR) is 84.4 cm³/mol. The lowest BCUT2D eigenvalue weighted by Gasteiger charge is -2.28. The molecule has 3 rings (SSSR count). The van der Waals surface area contributed by atoms with Gasteiger partial charge in [0.15, 0.2) is 0 Å². The zero-order valence-corrected chi connectivity index (χ0v) is 12.5. The van der Waals surface area contributed by atoms with Crippen LogP contribution in [0.2, 0.25) is 0 Å². The molecule has 0 amide bonds. The van der Waals surface area contributed by atoms with Crippen molar-refractivity contribution in [1.82, 2.24) is 0 Å². The summed E-state index contributed by atoms with van der Waals surface area (Å²) in [5, 5.41) is 10.7. The second kappa shape index (κ2) is 6.12. The number of fused-ring (bicyclic) bond motifs is 1. The number of benzene rings is 2. The van der Waals surface area contributed by atoms with Gasteiger partial charge in [-0.05, 0) is 30.3 Å². The molecule has 1 N–H and O–H groups in total. The van der Waals surface area contributed by atoms with Crippen LogP contribution in [0.1, 0.15) is 17.2 Å². The molecule has 1 aliphatic rings. The van der Waals surface area contributed by atoms with Gasteiger partial charge in [-0.1, -0.05) is 24.3 Å². The average Bonchev–Trinajstić information content (AvgIpc) is 2.57. The first kappa shape index (κ1) is 14.5. The van der Waals surface area contributed by atoms with Gasteiger partial charge in [0.25, 0.3) is 0 Å². The molecule has 0 radical (unpaired) electrons. The highest BCUT2D eigenvalue weighted by molar-refractivity contribution is 5.68. The van der Waals surface area contributed by atoms with Crippen molar-refractivity contribution in [3.05, 3.63) is 59.7 Å². The van der Waals surface area contributed by atoms with Crippen LogP contribution in [-0.4, -0.2) is 25.4 Å². The van der Waals surface area contributed by atoms with Crippen molar-refractivity contribution in [3.8, 4) is 17.2 Å². The molecule has 2 aromatic rings. The molecule has 2 aromatic carbocycles. The molecule has 0 spiro atoms. The summed E-state index contributed by atoms with van der Waals surface area (Å²) in [4.78, 5) is 0. The highest BCUT2D eigenvalue weighted by Crippen LogP contribution is 2.41. The first-order chi connectivity index (χ1) is 10.7. The molecule has 4 nitrogen and oxygen atoms in total. The molecular weight excluding hydrogens is 280 g/mol. The minimum atomic E-state index is -0.828. The smallest absolute Gasteiger partial charge is 0.147 e. The van der Waals surface area contributed by atoms with E-state index >= 15 is 0 Å². The molecule has 0 heterocycles. The van der Waals surface area contributed by atoms with E-state index in [1.807, 2.05) is 48.6 Å². The standard InChI is InChI=1S/C18H18O4/c1-20-14-10-11-15(21-2)17-13(14)8-9-16(18(17)19)22-12-6-4-3-5-7-12/h3-11,16,18-19H,1-2H3/t16-,18+/m1/s1. The van der Waals surface area contributed by atoms with Crippen LogP contribution in [0.3, 0.4) is 0 Å². The SMILES string of the molecule is COc1ccc(OC)c2c1C=C[C@@H](Oc1ccccc1)[C@@H]2O. The number of hydrogen-bond donors (Lipinski definition) is 1. The lowest BCUT2D eigenvalue weighted by Crippen LogP contribution is -2.26. The highest BCUT2D eigenvalue weighted by atomic mass is 16.5. The Balaban J connectivity index is 1.97. The van der Waals surface area contributed by atoms with E-state index in [9.17, 15) is 5.11 Å². The Morgan fingerprint density at radius 3 is 2.27 bits per heavy atom. The number of aliphatic hydroxyl groups is 1. The van der Waals surface area contributed by atoms with Crippen LogP contribution in [0.5, 0.6) is 17.2 Å². The molecule has 0 bridgehead atoms. The van der Waals surface area contributed by atoms with Gasteiger partial charge in [0, 0.05) is 11.1 Å². The van der Waals surface area contributed by atoms with Gasteiger partial charge in [0.1, 0.15) is 29.5 Å². The van der Waals surface area contributed by atoms with E-state index in [1.165, 1.54) is 0 Å². The summed E-state index contributed by atoms with van der Waals surface area (Å²) in [6.45, 7) is 0. The molecule has 0 saturated carbocycles.